The van der Waals surface area contributed by atoms with Gasteiger partial charge < -0.3 is 10.1 Å². The average Bonchev–Trinajstić information content (AvgIpc) is 3.73. The zero-order valence-corrected chi connectivity index (χ0v) is 31.0. The molecule has 0 aliphatic rings. The standard InChI is InChI=1S/C47H43N5O3/c1-3-17-36(45(53)48-41-25-16-18-37(33-41)46(54)55-4-2)32-34-28-30-35(31-29-34)42-26-14-15-27-43(42)44-49-51-52(50-44)47(38-19-8-5-9-20-38,39-21-10-6-11-22-39)40-23-12-7-13-24-40/h5-16,18-31,33,36H,3-4,17,32H2,1-2H3,(H,48,53). The number of hydrogen-bond donors (Lipinski definition) is 1. The molecule has 0 aliphatic carbocycles. The van der Waals surface area contributed by atoms with Crippen molar-refractivity contribution in [2.24, 2.45) is 5.92 Å². The fraction of sp³-hybridized carbons (Fsp3) is 0.170. The largest absolute Gasteiger partial charge is 0.462 e. The number of aromatic nitrogens is 4. The minimum absolute atomic E-state index is 0.0796. The first kappa shape index (κ1) is 36.7. The third-order valence-electron chi connectivity index (χ3n) is 9.85. The van der Waals surface area contributed by atoms with Crippen molar-refractivity contribution in [3.8, 4) is 22.5 Å². The van der Waals surface area contributed by atoms with Gasteiger partial charge in [-0.25, -0.2) is 4.79 Å². The molecule has 8 nitrogen and oxygen atoms in total. The van der Waals surface area contributed by atoms with Crippen molar-refractivity contribution in [1.29, 1.82) is 0 Å². The number of carbonyl (C=O) groups is 2. The van der Waals surface area contributed by atoms with Crippen LogP contribution in [0.2, 0.25) is 0 Å². The molecule has 1 N–H and O–H groups in total. The number of tetrazole rings is 1. The summed E-state index contributed by atoms with van der Waals surface area (Å²) in [5.74, 6) is -0.222. The molecule has 6 aromatic carbocycles. The monoisotopic (exact) mass is 725 g/mol. The van der Waals surface area contributed by atoms with E-state index in [2.05, 4.69) is 79.0 Å². The van der Waals surface area contributed by atoms with Gasteiger partial charge in [0.25, 0.3) is 0 Å². The molecule has 1 aromatic heterocycles. The van der Waals surface area contributed by atoms with Crippen LogP contribution in [0.4, 0.5) is 5.69 Å². The Hall–Kier alpha value is -6.67. The third-order valence-corrected chi connectivity index (χ3v) is 9.85. The van der Waals surface area contributed by atoms with Gasteiger partial charge >= 0.3 is 5.97 Å². The molecule has 0 aliphatic heterocycles. The Labute approximate surface area is 321 Å². The molecule has 1 heterocycles. The van der Waals surface area contributed by atoms with Crippen molar-refractivity contribution in [3.05, 3.63) is 192 Å². The van der Waals surface area contributed by atoms with E-state index in [1.807, 2.05) is 72.8 Å². The maximum Gasteiger partial charge on any atom is 0.338 e. The summed E-state index contributed by atoms with van der Waals surface area (Å²) in [7, 11) is 0. The molecule has 0 radical (unpaired) electrons. The van der Waals surface area contributed by atoms with Gasteiger partial charge in [-0.1, -0.05) is 159 Å². The van der Waals surface area contributed by atoms with Gasteiger partial charge in [0, 0.05) is 17.2 Å². The normalized spacial score (nSPS) is 11.8. The molecule has 0 fully saturated rings. The van der Waals surface area contributed by atoms with Crippen molar-refractivity contribution in [3.63, 3.8) is 0 Å². The fourth-order valence-electron chi connectivity index (χ4n) is 7.24. The summed E-state index contributed by atoms with van der Waals surface area (Å²) in [5.41, 5.74) is 7.03. The predicted molar refractivity (Wildman–Crippen MR) is 216 cm³/mol. The number of rotatable bonds is 14. The lowest BCUT2D eigenvalue weighted by Gasteiger charge is -2.34. The first-order valence-corrected chi connectivity index (χ1v) is 18.7. The molecule has 0 spiro atoms. The van der Waals surface area contributed by atoms with Crippen LogP contribution in [0, 0.1) is 5.92 Å². The van der Waals surface area contributed by atoms with E-state index in [1.165, 1.54) is 0 Å². The van der Waals surface area contributed by atoms with E-state index < -0.39 is 11.5 Å². The molecule has 0 saturated carbocycles. The van der Waals surface area contributed by atoms with Crippen LogP contribution in [0.3, 0.4) is 0 Å². The second-order valence-electron chi connectivity index (χ2n) is 13.4. The first-order valence-electron chi connectivity index (χ1n) is 18.7. The van der Waals surface area contributed by atoms with Crippen LogP contribution in [0.1, 0.15) is 59.3 Å². The van der Waals surface area contributed by atoms with E-state index in [0.29, 0.717) is 23.5 Å². The summed E-state index contributed by atoms with van der Waals surface area (Å²) in [6.07, 6.45) is 2.17. The molecule has 274 valence electrons. The van der Waals surface area contributed by atoms with Crippen molar-refractivity contribution in [1.82, 2.24) is 20.2 Å². The van der Waals surface area contributed by atoms with Crippen LogP contribution in [-0.2, 0) is 21.5 Å². The van der Waals surface area contributed by atoms with Gasteiger partial charge in [-0.05, 0) is 76.6 Å². The summed E-state index contributed by atoms with van der Waals surface area (Å²) >= 11 is 0. The number of carbonyl (C=O) groups excluding carboxylic acids is 2. The Balaban J connectivity index is 1.17. The zero-order chi connectivity index (χ0) is 38.0. The van der Waals surface area contributed by atoms with Crippen LogP contribution in [0.5, 0.6) is 0 Å². The summed E-state index contributed by atoms with van der Waals surface area (Å²) in [5, 5.41) is 17.6. The van der Waals surface area contributed by atoms with Gasteiger partial charge in [-0.15, -0.1) is 15.0 Å². The van der Waals surface area contributed by atoms with Crippen LogP contribution in [0.15, 0.2) is 164 Å². The average molecular weight is 726 g/mol. The third kappa shape index (κ3) is 7.85. The smallest absolute Gasteiger partial charge is 0.338 e. The van der Waals surface area contributed by atoms with E-state index >= 15 is 0 Å². The fourth-order valence-corrected chi connectivity index (χ4v) is 7.24. The lowest BCUT2D eigenvalue weighted by Crippen LogP contribution is -2.39. The summed E-state index contributed by atoms with van der Waals surface area (Å²) in [4.78, 5) is 27.5. The highest BCUT2D eigenvalue weighted by molar-refractivity contribution is 5.95. The molecule has 1 amide bonds. The molecule has 8 heteroatoms. The molecule has 55 heavy (non-hydrogen) atoms. The molecule has 0 saturated heterocycles. The van der Waals surface area contributed by atoms with Crippen molar-refractivity contribution < 1.29 is 14.3 Å². The van der Waals surface area contributed by atoms with Gasteiger partial charge in [0.05, 0.1) is 12.2 Å². The van der Waals surface area contributed by atoms with Crippen molar-refractivity contribution in [2.75, 3.05) is 11.9 Å². The van der Waals surface area contributed by atoms with E-state index in [4.69, 9.17) is 20.1 Å². The van der Waals surface area contributed by atoms with E-state index in [1.54, 1.807) is 36.0 Å². The molecule has 1 unspecified atom stereocenters. The number of nitrogens with one attached hydrogen (secondary N) is 1. The van der Waals surface area contributed by atoms with Crippen LogP contribution >= 0.6 is 0 Å². The number of ether oxygens (including phenoxy) is 1. The zero-order valence-electron chi connectivity index (χ0n) is 31.0. The lowest BCUT2D eigenvalue weighted by molar-refractivity contribution is -0.120. The summed E-state index contributed by atoms with van der Waals surface area (Å²) in [6, 6.07) is 54.2. The Morgan fingerprint density at radius 1 is 0.691 bits per heavy atom. The number of nitrogens with zero attached hydrogens (tertiary/aromatic N) is 4. The Morgan fingerprint density at radius 2 is 1.27 bits per heavy atom. The second kappa shape index (κ2) is 17.0. The SMILES string of the molecule is CCCC(Cc1ccc(-c2ccccc2-c2nnn(C(c3ccccc3)(c3ccccc3)c3ccccc3)n2)cc1)C(=O)Nc1cccc(C(=O)OCC)c1. The minimum Gasteiger partial charge on any atom is -0.462 e. The van der Waals surface area contributed by atoms with Crippen LogP contribution in [-0.4, -0.2) is 38.7 Å². The van der Waals surface area contributed by atoms with E-state index in [-0.39, 0.29) is 18.4 Å². The van der Waals surface area contributed by atoms with Crippen LogP contribution in [0.25, 0.3) is 22.5 Å². The number of hydrogen-bond acceptors (Lipinski definition) is 6. The maximum absolute atomic E-state index is 13.5. The van der Waals surface area contributed by atoms with Crippen molar-refractivity contribution >= 4 is 17.6 Å². The highest BCUT2D eigenvalue weighted by Gasteiger charge is 2.41. The summed E-state index contributed by atoms with van der Waals surface area (Å²) in [6.45, 7) is 4.13. The van der Waals surface area contributed by atoms with E-state index in [0.717, 1.165) is 51.8 Å². The molecule has 7 rings (SSSR count). The van der Waals surface area contributed by atoms with Gasteiger partial charge in [0.1, 0.15) is 0 Å². The number of amides is 1. The number of esters is 1. The maximum atomic E-state index is 13.5. The molecular weight excluding hydrogens is 683 g/mol. The summed E-state index contributed by atoms with van der Waals surface area (Å²) < 4.78 is 5.13. The number of anilines is 1. The first-order chi connectivity index (χ1) is 27.0. The molecule has 0 bridgehead atoms. The highest BCUT2D eigenvalue weighted by atomic mass is 16.5. The Morgan fingerprint density at radius 3 is 1.85 bits per heavy atom. The van der Waals surface area contributed by atoms with Gasteiger partial charge in [0.2, 0.25) is 11.7 Å². The highest BCUT2D eigenvalue weighted by Crippen LogP contribution is 2.40. The predicted octanol–water partition coefficient (Wildman–Crippen LogP) is 9.62. The van der Waals surface area contributed by atoms with Gasteiger partial charge in [-0.3, -0.25) is 4.79 Å². The van der Waals surface area contributed by atoms with Gasteiger partial charge in [0.15, 0.2) is 5.54 Å². The van der Waals surface area contributed by atoms with Crippen molar-refractivity contribution in [2.45, 2.75) is 38.6 Å². The molecule has 1 atom stereocenters. The Bertz CT molecular complexity index is 2250. The van der Waals surface area contributed by atoms with Crippen LogP contribution < -0.4 is 5.32 Å². The van der Waals surface area contributed by atoms with E-state index in [9.17, 15) is 9.59 Å². The quantitative estimate of drug-likeness (QED) is 0.0886. The minimum atomic E-state index is -0.878. The topological polar surface area (TPSA) is 99.0 Å². The van der Waals surface area contributed by atoms with Gasteiger partial charge in [-0.2, -0.15) is 0 Å². The molecular formula is C47H43N5O3. The second-order valence-corrected chi connectivity index (χ2v) is 13.4. The lowest BCUT2D eigenvalue weighted by atomic mass is 9.77. The Kier molecular flexibility index (Phi) is 11.3. The number of benzene rings is 6. The molecule has 7 aromatic rings.